The summed E-state index contributed by atoms with van der Waals surface area (Å²) in [4.78, 5) is 17.7. The lowest BCUT2D eigenvalue weighted by atomic mass is 10.1. The summed E-state index contributed by atoms with van der Waals surface area (Å²) in [5.41, 5.74) is 2.83. The number of aryl methyl sites for hydroxylation is 2. The third-order valence-corrected chi connectivity index (χ3v) is 7.54. The van der Waals surface area contributed by atoms with Crippen molar-refractivity contribution >= 4 is 27.0 Å². The fourth-order valence-corrected chi connectivity index (χ4v) is 5.27. The number of benzene rings is 2. The number of carbonyl (C=O) groups is 1. The average Bonchev–Trinajstić information content (AvgIpc) is 3.16. The molecule has 2 aromatic heterocycles. The van der Waals surface area contributed by atoms with E-state index in [4.69, 9.17) is 4.74 Å². The number of carboxylic acid groups (broad SMARTS) is 1. The van der Waals surface area contributed by atoms with Gasteiger partial charge in [0.2, 0.25) is 0 Å². The highest BCUT2D eigenvalue weighted by Gasteiger charge is 2.23. The molecule has 35 heavy (non-hydrogen) atoms. The van der Waals surface area contributed by atoms with Crippen molar-refractivity contribution in [2.24, 2.45) is 0 Å². The molecule has 0 saturated carbocycles. The van der Waals surface area contributed by atoms with Gasteiger partial charge in [-0.3, -0.25) is 9.69 Å². The Kier molecular flexibility index (Phi) is 6.64. The molecule has 4 rings (SSSR count). The van der Waals surface area contributed by atoms with Crippen LogP contribution < -0.4 is 4.74 Å². The van der Waals surface area contributed by atoms with Crippen LogP contribution in [0.15, 0.2) is 71.9 Å². The summed E-state index contributed by atoms with van der Waals surface area (Å²) in [6.07, 6.45) is 3.43. The first-order chi connectivity index (χ1) is 16.6. The van der Waals surface area contributed by atoms with Crippen LogP contribution >= 0.6 is 0 Å². The minimum atomic E-state index is -3.84. The Morgan fingerprint density at radius 3 is 2.31 bits per heavy atom. The summed E-state index contributed by atoms with van der Waals surface area (Å²) in [7, 11) is -0.367. The van der Waals surface area contributed by atoms with Crippen molar-refractivity contribution in [2.45, 2.75) is 31.2 Å². The third kappa shape index (κ3) is 4.91. The van der Waals surface area contributed by atoms with E-state index in [1.807, 2.05) is 26.0 Å². The molecule has 0 saturated heterocycles. The fourth-order valence-electron chi connectivity index (χ4n) is 3.90. The Morgan fingerprint density at radius 2 is 1.71 bits per heavy atom. The number of carboxylic acids is 1. The first-order valence-corrected chi connectivity index (χ1v) is 12.5. The molecule has 2 aromatic carbocycles. The minimum Gasteiger partial charge on any atom is -0.480 e. The van der Waals surface area contributed by atoms with Gasteiger partial charge in [0.25, 0.3) is 10.0 Å². The van der Waals surface area contributed by atoms with Gasteiger partial charge in [-0.1, -0.05) is 29.8 Å². The predicted molar refractivity (Wildman–Crippen MR) is 134 cm³/mol. The largest absolute Gasteiger partial charge is 0.480 e. The predicted octanol–water partition coefficient (Wildman–Crippen LogP) is 4.24. The molecule has 0 aliphatic rings. The van der Waals surface area contributed by atoms with Crippen molar-refractivity contribution in [3.63, 3.8) is 0 Å². The van der Waals surface area contributed by atoms with E-state index in [2.05, 4.69) is 4.98 Å². The van der Waals surface area contributed by atoms with Gasteiger partial charge in [-0.15, -0.1) is 0 Å². The van der Waals surface area contributed by atoms with Crippen molar-refractivity contribution in [3.8, 4) is 11.5 Å². The van der Waals surface area contributed by atoms with Crippen molar-refractivity contribution in [2.75, 3.05) is 14.1 Å². The molecule has 2 heterocycles. The average molecular weight is 494 g/mol. The molecular formula is C26H27N3O5S. The summed E-state index contributed by atoms with van der Waals surface area (Å²) >= 11 is 0. The molecule has 1 unspecified atom stereocenters. The second-order valence-electron chi connectivity index (χ2n) is 8.70. The molecule has 4 aromatic rings. The van der Waals surface area contributed by atoms with E-state index >= 15 is 0 Å². The van der Waals surface area contributed by atoms with Crippen LogP contribution in [0.2, 0.25) is 0 Å². The number of aliphatic carboxylic acids is 1. The zero-order valence-electron chi connectivity index (χ0n) is 20.0. The van der Waals surface area contributed by atoms with Crippen LogP contribution in [0.25, 0.3) is 11.0 Å². The summed E-state index contributed by atoms with van der Waals surface area (Å²) < 4.78 is 33.9. The maximum absolute atomic E-state index is 13.3. The standard InChI is InChI=1S/C26H27N3O5S/c1-17-5-11-21(12-6-17)35(32,33)29-16-18(2)24-23(13-14-27-25(24)29)34-20-9-7-19(8-10-20)15-22(26(30)31)28(3)4/h5-14,16,22H,15H2,1-4H3,(H,30,31). The molecule has 0 aliphatic heterocycles. The zero-order valence-corrected chi connectivity index (χ0v) is 20.8. The van der Waals surface area contributed by atoms with Gasteiger partial charge in [-0.05, 0) is 75.8 Å². The van der Waals surface area contributed by atoms with Crippen LogP contribution in [0.5, 0.6) is 11.5 Å². The first kappa shape index (κ1) is 24.4. The Bertz CT molecular complexity index is 1470. The molecule has 9 heteroatoms. The van der Waals surface area contributed by atoms with Gasteiger partial charge in [-0.2, -0.15) is 0 Å². The maximum atomic E-state index is 13.3. The molecule has 182 valence electrons. The van der Waals surface area contributed by atoms with Gasteiger partial charge in [0.05, 0.1) is 10.3 Å². The van der Waals surface area contributed by atoms with Crippen LogP contribution in [0.1, 0.15) is 16.7 Å². The summed E-state index contributed by atoms with van der Waals surface area (Å²) in [5, 5.41) is 10.0. The summed E-state index contributed by atoms with van der Waals surface area (Å²) in [6, 6.07) is 14.9. The number of nitrogens with zero attached hydrogens (tertiary/aromatic N) is 3. The Balaban J connectivity index is 1.65. The van der Waals surface area contributed by atoms with E-state index in [9.17, 15) is 18.3 Å². The van der Waals surface area contributed by atoms with Crippen molar-refractivity contribution in [1.29, 1.82) is 0 Å². The number of hydrogen-bond donors (Lipinski definition) is 1. The molecule has 0 amide bonds. The van der Waals surface area contributed by atoms with Crippen molar-refractivity contribution in [3.05, 3.63) is 83.7 Å². The van der Waals surface area contributed by atoms with Gasteiger partial charge in [0, 0.05) is 12.4 Å². The topological polar surface area (TPSA) is 102 Å². The second-order valence-corrected chi connectivity index (χ2v) is 10.5. The number of likely N-dealkylation sites (N-methyl/N-ethyl adjacent to an activating group) is 1. The quantitative estimate of drug-likeness (QED) is 0.392. The summed E-state index contributed by atoms with van der Waals surface area (Å²) in [5.74, 6) is 0.149. The molecule has 8 nitrogen and oxygen atoms in total. The SMILES string of the molecule is Cc1ccc(S(=O)(=O)n2cc(C)c3c(Oc4ccc(CC(C(=O)O)N(C)C)cc4)ccnc32)cc1. The lowest BCUT2D eigenvalue weighted by Gasteiger charge is -2.20. The number of rotatable bonds is 8. The monoisotopic (exact) mass is 493 g/mol. The van der Waals surface area contributed by atoms with Crippen molar-refractivity contribution in [1.82, 2.24) is 13.9 Å². The fraction of sp³-hybridized carbons (Fsp3) is 0.231. The Hall–Kier alpha value is -3.69. The Labute approximate surface area is 204 Å². The third-order valence-electron chi connectivity index (χ3n) is 5.87. The zero-order chi connectivity index (χ0) is 25.3. The van der Waals surface area contributed by atoms with Gasteiger partial charge in [-0.25, -0.2) is 17.4 Å². The lowest BCUT2D eigenvalue weighted by molar-refractivity contribution is -0.142. The molecular weight excluding hydrogens is 466 g/mol. The van der Waals surface area contributed by atoms with Crippen LogP contribution in [-0.2, 0) is 21.2 Å². The number of fused-ring (bicyclic) bond motifs is 1. The molecule has 0 bridgehead atoms. The van der Waals surface area contributed by atoms with E-state index in [0.717, 1.165) is 11.1 Å². The highest BCUT2D eigenvalue weighted by Crippen LogP contribution is 2.34. The van der Waals surface area contributed by atoms with E-state index < -0.39 is 22.0 Å². The van der Waals surface area contributed by atoms with E-state index in [1.165, 1.54) is 10.2 Å². The number of ether oxygens (including phenoxy) is 1. The minimum absolute atomic E-state index is 0.182. The van der Waals surface area contributed by atoms with E-state index in [0.29, 0.717) is 28.9 Å². The number of hydrogen-bond acceptors (Lipinski definition) is 6. The van der Waals surface area contributed by atoms with Crippen LogP contribution in [0.4, 0.5) is 0 Å². The number of pyridine rings is 1. The van der Waals surface area contributed by atoms with Crippen LogP contribution in [0, 0.1) is 13.8 Å². The van der Waals surface area contributed by atoms with E-state index in [1.54, 1.807) is 67.7 Å². The summed E-state index contributed by atoms with van der Waals surface area (Å²) in [6.45, 7) is 3.71. The highest BCUT2D eigenvalue weighted by atomic mass is 32.2. The van der Waals surface area contributed by atoms with Crippen LogP contribution in [0.3, 0.4) is 0 Å². The molecule has 0 fully saturated rings. The molecule has 0 spiro atoms. The Morgan fingerprint density at radius 1 is 1.06 bits per heavy atom. The first-order valence-electron chi connectivity index (χ1n) is 11.0. The van der Waals surface area contributed by atoms with E-state index in [-0.39, 0.29) is 10.5 Å². The smallest absolute Gasteiger partial charge is 0.321 e. The normalized spacial score (nSPS) is 12.7. The molecule has 0 aliphatic carbocycles. The van der Waals surface area contributed by atoms with Gasteiger partial charge >= 0.3 is 5.97 Å². The van der Waals surface area contributed by atoms with Gasteiger partial charge in [0.1, 0.15) is 17.5 Å². The van der Waals surface area contributed by atoms with Gasteiger partial charge in [0.15, 0.2) is 5.65 Å². The molecule has 1 N–H and O–H groups in total. The second kappa shape index (κ2) is 9.52. The highest BCUT2D eigenvalue weighted by molar-refractivity contribution is 7.90. The maximum Gasteiger partial charge on any atom is 0.321 e. The van der Waals surface area contributed by atoms with Crippen molar-refractivity contribution < 1.29 is 23.1 Å². The lowest BCUT2D eigenvalue weighted by Crippen LogP contribution is -2.37. The number of aromatic nitrogens is 2. The molecule has 1 atom stereocenters. The molecule has 0 radical (unpaired) electrons. The van der Waals surface area contributed by atoms with Crippen LogP contribution in [-0.4, -0.2) is 53.5 Å². The van der Waals surface area contributed by atoms with Gasteiger partial charge < -0.3 is 9.84 Å².